The maximum absolute atomic E-state index is 13.4. The van der Waals surface area contributed by atoms with Crippen molar-refractivity contribution < 1.29 is 8.42 Å². The van der Waals surface area contributed by atoms with Gasteiger partial charge in [-0.05, 0) is 56.9 Å². The average molecular weight is 528 g/mol. The molecule has 0 saturated carbocycles. The lowest BCUT2D eigenvalue weighted by Gasteiger charge is -2.42. The standard InChI is InChI=1S/C23H29N9O2S2/c1-14-9-19(31-30-14)26-20-18-5-8-35-21(18)28-22(27-20)25-16-3-2-6-23(7-4-17(10-16)29-23)36(33,34)32-12-15(11-24)13-32/h5,8-9,15-17,29H,2-4,6-7,10,12-13H2,1H3,(H3,25,26,27,28,30,31)/t16-,17+,23?/m0/s1. The highest BCUT2D eigenvalue weighted by Crippen LogP contribution is 2.41. The lowest BCUT2D eigenvalue weighted by Crippen LogP contribution is -2.61. The van der Waals surface area contributed by atoms with E-state index in [1.165, 1.54) is 4.31 Å². The van der Waals surface area contributed by atoms with Crippen LogP contribution in [0.5, 0.6) is 0 Å². The Bertz CT molecular complexity index is 1420. The van der Waals surface area contributed by atoms with Crippen molar-refractivity contribution >= 4 is 49.2 Å². The number of nitriles is 1. The van der Waals surface area contributed by atoms with Crippen molar-refractivity contribution in [3.05, 3.63) is 23.2 Å². The molecule has 3 fully saturated rings. The number of aromatic nitrogens is 4. The predicted octanol–water partition coefficient (Wildman–Crippen LogP) is 3.05. The summed E-state index contributed by atoms with van der Waals surface area (Å²) in [5.74, 6) is 1.78. The number of fused-ring (bicyclic) bond motifs is 3. The molecule has 4 N–H and O–H groups in total. The van der Waals surface area contributed by atoms with Crippen molar-refractivity contribution in [3.8, 4) is 6.07 Å². The summed E-state index contributed by atoms with van der Waals surface area (Å²) in [5, 5.41) is 29.5. The lowest BCUT2D eigenvalue weighted by atomic mass is 9.99. The summed E-state index contributed by atoms with van der Waals surface area (Å²) in [6.07, 6.45) is 4.38. The minimum Gasteiger partial charge on any atom is -0.351 e. The van der Waals surface area contributed by atoms with Gasteiger partial charge in [0.2, 0.25) is 16.0 Å². The topological polar surface area (TPSA) is 152 Å². The van der Waals surface area contributed by atoms with Crippen LogP contribution in [0.25, 0.3) is 10.2 Å². The Labute approximate surface area is 213 Å². The Kier molecular flexibility index (Phi) is 5.87. The third kappa shape index (κ3) is 4.11. The fourth-order valence-electron chi connectivity index (χ4n) is 5.62. The van der Waals surface area contributed by atoms with Gasteiger partial charge in [0.15, 0.2) is 5.82 Å². The van der Waals surface area contributed by atoms with E-state index in [0.29, 0.717) is 43.5 Å². The third-order valence-corrected chi connectivity index (χ3v) is 10.8. The first-order valence-corrected chi connectivity index (χ1v) is 14.6. The van der Waals surface area contributed by atoms with E-state index < -0.39 is 14.9 Å². The van der Waals surface area contributed by atoms with Gasteiger partial charge < -0.3 is 10.6 Å². The molecule has 36 heavy (non-hydrogen) atoms. The van der Waals surface area contributed by atoms with Crippen LogP contribution in [0.2, 0.25) is 0 Å². The molecule has 0 amide bonds. The second kappa shape index (κ2) is 8.95. The zero-order valence-electron chi connectivity index (χ0n) is 20.0. The Morgan fingerprint density at radius 3 is 2.92 bits per heavy atom. The number of nitrogens with zero attached hydrogens (tertiary/aromatic N) is 5. The van der Waals surface area contributed by atoms with Crippen LogP contribution in [0.1, 0.15) is 44.2 Å². The van der Waals surface area contributed by atoms with Gasteiger partial charge in [0, 0.05) is 36.9 Å². The normalized spacial score (nSPS) is 27.2. The molecule has 190 valence electrons. The summed E-state index contributed by atoms with van der Waals surface area (Å²) >= 11 is 1.56. The van der Waals surface area contributed by atoms with Crippen molar-refractivity contribution in [1.29, 1.82) is 5.26 Å². The largest absolute Gasteiger partial charge is 0.351 e. The second-order valence-corrected chi connectivity index (χ2v) is 13.2. The molecule has 3 aromatic rings. The smallest absolute Gasteiger partial charge is 0.233 e. The Morgan fingerprint density at radius 2 is 2.14 bits per heavy atom. The van der Waals surface area contributed by atoms with E-state index in [-0.39, 0.29) is 18.0 Å². The van der Waals surface area contributed by atoms with Gasteiger partial charge in [-0.1, -0.05) is 0 Å². The highest BCUT2D eigenvalue weighted by Gasteiger charge is 2.54. The molecule has 3 aliphatic heterocycles. The van der Waals surface area contributed by atoms with Crippen LogP contribution in [-0.4, -0.2) is 62.9 Å². The Morgan fingerprint density at radius 1 is 1.28 bits per heavy atom. The number of anilines is 3. The van der Waals surface area contributed by atoms with Crippen LogP contribution in [0.4, 0.5) is 17.6 Å². The minimum absolute atomic E-state index is 0.0979. The van der Waals surface area contributed by atoms with E-state index in [1.807, 2.05) is 24.4 Å². The molecule has 6 rings (SSSR count). The predicted molar refractivity (Wildman–Crippen MR) is 138 cm³/mol. The van der Waals surface area contributed by atoms with E-state index in [4.69, 9.17) is 15.2 Å². The lowest BCUT2D eigenvalue weighted by molar-refractivity contribution is 0.231. The summed E-state index contributed by atoms with van der Waals surface area (Å²) in [6.45, 7) is 2.57. The molecule has 3 saturated heterocycles. The molecule has 0 aliphatic carbocycles. The van der Waals surface area contributed by atoms with Crippen molar-refractivity contribution in [3.63, 3.8) is 0 Å². The third-order valence-electron chi connectivity index (χ3n) is 7.54. The van der Waals surface area contributed by atoms with Crippen LogP contribution in [0.15, 0.2) is 17.5 Å². The Hall–Kier alpha value is -2.79. The summed E-state index contributed by atoms with van der Waals surface area (Å²) in [5.41, 5.74) is 0.960. The molecule has 0 spiro atoms. The van der Waals surface area contributed by atoms with Crippen molar-refractivity contribution in [1.82, 2.24) is 29.8 Å². The molecule has 3 atom stereocenters. The van der Waals surface area contributed by atoms with Crippen LogP contribution in [-0.2, 0) is 10.0 Å². The van der Waals surface area contributed by atoms with Crippen molar-refractivity contribution in [2.24, 2.45) is 5.92 Å². The summed E-state index contributed by atoms with van der Waals surface area (Å²) < 4.78 is 28.4. The van der Waals surface area contributed by atoms with Gasteiger partial charge in [-0.3, -0.25) is 10.4 Å². The number of hydrogen-bond acceptors (Lipinski definition) is 10. The van der Waals surface area contributed by atoms with Crippen molar-refractivity contribution in [2.75, 3.05) is 23.7 Å². The summed E-state index contributed by atoms with van der Waals surface area (Å²) in [6, 6.07) is 6.33. The van der Waals surface area contributed by atoms with Crippen LogP contribution < -0.4 is 16.0 Å². The number of thiophene rings is 1. The monoisotopic (exact) mass is 527 g/mol. The van der Waals surface area contributed by atoms with E-state index in [2.05, 4.69) is 32.2 Å². The van der Waals surface area contributed by atoms with Crippen molar-refractivity contribution in [2.45, 2.75) is 62.4 Å². The molecule has 0 radical (unpaired) electrons. The van der Waals surface area contributed by atoms with Gasteiger partial charge in [0.1, 0.15) is 15.5 Å². The molecule has 1 unspecified atom stereocenters. The van der Waals surface area contributed by atoms with Gasteiger partial charge in [-0.25, -0.2) is 13.4 Å². The number of nitrogens with one attached hydrogen (secondary N) is 4. The molecule has 11 nitrogen and oxygen atoms in total. The van der Waals surface area contributed by atoms with E-state index >= 15 is 0 Å². The summed E-state index contributed by atoms with van der Waals surface area (Å²) in [4.78, 5) is 9.49. The Balaban J connectivity index is 1.17. The molecule has 6 heterocycles. The number of sulfonamides is 1. The molecular formula is C23H29N9O2S2. The van der Waals surface area contributed by atoms with Gasteiger partial charge in [-0.2, -0.15) is 19.6 Å². The maximum Gasteiger partial charge on any atom is 0.233 e. The van der Waals surface area contributed by atoms with Crippen LogP contribution >= 0.6 is 11.3 Å². The highest BCUT2D eigenvalue weighted by molar-refractivity contribution is 7.90. The quantitative estimate of drug-likeness (QED) is 0.379. The first-order chi connectivity index (χ1) is 17.3. The number of H-pyrrole nitrogens is 1. The molecule has 13 heteroatoms. The number of hydrogen-bond donors (Lipinski definition) is 4. The van der Waals surface area contributed by atoms with Crippen LogP contribution in [0, 0.1) is 24.2 Å². The number of rotatable bonds is 6. The van der Waals surface area contributed by atoms with Gasteiger partial charge >= 0.3 is 0 Å². The van der Waals surface area contributed by atoms with Gasteiger partial charge in [0.05, 0.1) is 17.4 Å². The second-order valence-electron chi connectivity index (χ2n) is 10.1. The maximum atomic E-state index is 13.4. The van der Waals surface area contributed by atoms with Crippen LogP contribution in [0.3, 0.4) is 0 Å². The zero-order chi connectivity index (χ0) is 24.9. The minimum atomic E-state index is -3.50. The molecule has 3 aliphatic rings. The van der Waals surface area contributed by atoms with Gasteiger partial charge in [0.25, 0.3) is 0 Å². The molecular weight excluding hydrogens is 498 g/mol. The highest BCUT2D eigenvalue weighted by atomic mass is 32.2. The SMILES string of the molecule is Cc1cc(Nc2nc(N[C@H]3CCCC4(S(=O)(=O)N5CC(C#N)C5)CC[C@H](C3)N4)nc3sccc23)n[nH]1. The van der Waals surface area contributed by atoms with Gasteiger partial charge in [-0.15, -0.1) is 11.3 Å². The fourth-order valence-corrected chi connectivity index (χ4v) is 8.73. The summed E-state index contributed by atoms with van der Waals surface area (Å²) in [7, 11) is -3.50. The molecule has 0 aromatic carbocycles. The molecule has 3 aromatic heterocycles. The van der Waals surface area contributed by atoms with E-state index in [9.17, 15) is 8.42 Å². The molecule has 2 bridgehead atoms. The van der Waals surface area contributed by atoms with E-state index in [1.54, 1.807) is 11.3 Å². The first kappa shape index (κ1) is 23.6. The van der Waals surface area contributed by atoms with E-state index in [0.717, 1.165) is 41.6 Å². The fraction of sp³-hybridized carbons (Fsp3) is 0.565. The average Bonchev–Trinajstić information content (AvgIpc) is 3.53. The number of aryl methyl sites for hydroxylation is 1. The number of aromatic amines is 1. The zero-order valence-corrected chi connectivity index (χ0v) is 21.6. The first-order valence-electron chi connectivity index (χ1n) is 12.3.